The second-order valence-electron chi connectivity index (χ2n) is 4.64. The van der Waals surface area contributed by atoms with E-state index in [-0.39, 0.29) is 5.91 Å². The van der Waals surface area contributed by atoms with Crippen molar-refractivity contribution >= 4 is 5.91 Å². The lowest BCUT2D eigenvalue weighted by Gasteiger charge is -2.27. The summed E-state index contributed by atoms with van der Waals surface area (Å²) in [6.07, 6.45) is 7.40. The van der Waals surface area contributed by atoms with E-state index in [9.17, 15) is 4.79 Å². The van der Waals surface area contributed by atoms with Crippen molar-refractivity contribution in [3.63, 3.8) is 0 Å². The van der Waals surface area contributed by atoms with Crippen molar-refractivity contribution in [1.29, 1.82) is 0 Å². The quantitative estimate of drug-likeness (QED) is 0.792. The van der Waals surface area contributed by atoms with Gasteiger partial charge in [-0.05, 0) is 25.3 Å². The lowest BCUT2D eigenvalue weighted by Crippen LogP contribution is -2.47. The third-order valence-electron chi connectivity index (χ3n) is 3.35. The van der Waals surface area contributed by atoms with Crippen LogP contribution in [0.2, 0.25) is 0 Å². The van der Waals surface area contributed by atoms with Crippen LogP contribution in [0, 0.1) is 19.3 Å². The van der Waals surface area contributed by atoms with Crippen LogP contribution in [0.3, 0.4) is 0 Å². The van der Waals surface area contributed by atoms with Crippen LogP contribution < -0.4 is 5.32 Å². The van der Waals surface area contributed by atoms with Crippen molar-refractivity contribution in [1.82, 2.24) is 5.32 Å². The van der Waals surface area contributed by atoms with Gasteiger partial charge < -0.3 is 5.32 Å². The van der Waals surface area contributed by atoms with Gasteiger partial charge in [0.2, 0.25) is 5.91 Å². The third kappa shape index (κ3) is 3.63. The Hall–Kier alpha value is -1.75. The van der Waals surface area contributed by atoms with Gasteiger partial charge in [-0.25, -0.2) is 0 Å². The first-order valence-corrected chi connectivity index (χ1v) is 6.39. The normalized spacial score (nSPS) is 10.8. The highest BCUT2D eigenvalue weighted by atomic mass is 16.1. The topological polar surface area (TPSA) is 29.1 Å². The zero-order valence-electron chi connectivity index (χ0n) is 11.4. The second-order valence-corrected chi connectivity index (χ2v) is 4.64. The van der Waals surface area contributed by atoms with E-state index in [2.05, 4.69) is 11.2 Å². The highest BCUT2D eigenvalue weighted by Crippen LogP contribution is 2.14. The third-order valence-corrected chi connectivity index (χ3v) is 3.35. The summed E-state index contributed by atoms with van der Waals surface area (Å²) in [5.41, 5.74) is 1.71. The molecule has 96 valence electrons. The molecule has 2 heteroatoms. The molecule has 1 aromatic carbocycles. The number of carbonyl (C=O) groups is 1. The summed E-state index contributed by atoms with van der Waals surface area (Å²) in [5.74, 6) is 2.70. The predicted molar refractivity (Wildman–Crippen MR) is 75.2 cm³/mol. The molecule has 0 aliphatic heterocycles. The van der Waals surface area contributed by atoms with E-state index in [1.807, 2.05) is 45.0 Å². The van der Waals surface area contributed by atoms with Crippen molar-refractivity contribution in [3.05, 3.63) is 35.4 Å². The van der Waals surface area contributed by atoms with Gasteiger partial charge in [0, 0.05) is 0 Å². The zero-order valence-corrected chi connectivity index (χ0v) is 11.4. The van der Waals surface area contributed by atoms with Crippen molar-refractivity contribution in [2.45, 2.75) is 45.6 Å². The van der Waals surface area contributed by atoms with E-state index in [0.717, 1.165) is 18.4 Å². The Morgan fingerprint density at radius 3 is 2.28 bits per heavy atom. The van der Waals surface area contributed by atoms with E-state index >= 15 is 0 Å². The summed E-state index contributed by atoms with van der Waals surface area (Å²) in [6, 6.07) is 7.97. The van der Waals surface area contributed by atoms with Gasteiger partial charge in [0.15, 0.2) is 0 Å². The van der Waals surface area contributed by atoms with Crippen LogP contribution in [0.25, 0.3) is 0 Å². The molecule has 0 radical (unpaired) electrons. The summed E-state index contributed by atoms with van der Waals surface area (Å²) in [5, 5.41) is 2.97. The van der Waals surface area contributed by atoms with E-state index in [1.54, 1.807) is 0 Å². The van der Waals surface area contributed by atoms with Gasteiger partial charge in [0.25, 0.3) is 0 Å². The fourth-order valence-corrected chi connectivity index (χ4v) is 1.87. The minimum Gasteiger partial charge on any atom is -0.340 e. The average Bonchev–Trinajstić information content (AvgIpc) is 2.39. The van der Waals surface area contributed by atoms with Crippen LogP contribution in [0.15, 0.2) is 24.3 Å². The highest BCUT2D eigenvalue weighted by molar-refractivity contribution is 5.79. The van der Waals surface area contributed by atoms with Gasteiger partial charge in [-0.1, -0.05) is 49.6 Å². The Morgan fingerprint density at radius 1 is 1.28 bits per heavy atom. The van der Waals surface area contributed by atoms with E-state index in [0.29, 0.717) is 6.42 Å². The molecule has 1 N–H and O–H groups in total. The first-order chi connectivity index (χ1) is 8.55. The van der Waals surface area contributed by atoms with Gasteiger partial charge in [-0.2, -0.15) is 0 Å². The number of nitrogens with one attached hydrogen (secondary N) is 1. The van der Waals surface area contributed by atoms with Gasteiger partial charge in [0.05, 0.1) is 6.42 Å². The minimum atomic E-state index is -0.498. The molecule has 0 aliphatic rings. The van der Waals surface area contributed by atoms with Crippen molar-refractivity contribution < 1.29 is 4.79 Å². The molecule has 0 unspecified atom stereocenters. The molecule has 1 amide bonds. The molecule has 1 aromatic rings. The number of hydrogen-bond acceptors (Lipinski definition) is 1. The van der Waals surface area contributed by atoms with E-state index in [4.69, 9.17) is 6.42 Å². The maximum absolute atomic E-state index is 12.0. The molecule has 0 heterocycles. The van der Waals surface area contributed by atoms with Crippen LogP contribution in [-0.2, 0) is 11.2 Å². The maximum atomic E-state index is 12.0. The largest absolute Gasteiger partial charge is 0.340 e. The number of benzene rings is 1. The van der Waals surface area contributed by atoms with Gasteiger partial charge in [0.1, 0.15) is 5.54 Å². The number of amides is 1. The van der Waals surface area contributed by atoms with Crippen LogP contribution in [-0.4, -0.2) is 11.4 Å². The van der Waals surface area contributed by atoms with E-state index < -0.39 is 5.54 Å². The molecule has 0 fully saturated rings. The molecule has 0 spiro atoms. The summed E-state index contributed by atoms with van der Waals surface area (Å²) < 4.78 is 0. The smallest absolute Gasteiger partial charge is 0.225 e. The van der Waals surface area contributed by atoms with Crippen LogP contribution in [0.4, 0.5) is 0 Å². The molecular formula is C16H21NO. The van der Waals surface area contributed by atoms with Crippen LogP contribution in [0.1, 0.15) is 37.8 Å². The minimum absolute atomic E-state index is 0.0134. The summed E-state index contributed by atoms with van der Waals surface area (Å²) in [7, 11) is 0. The molecule has 0 aromatic heterocycles. The number of rotatable bonds is 5. The Labute approximate surface area is 110 Å². The van der Waals surface area contributed by atoms with Gasteiger partial charge in [-0.3, -0.25) is 4.79 Å². The number of aryl methyl sites for hydroxylation is 1. The van der Waals surface area contributed by atoms with E-state index in [1.165, 1.54) is 5.56 Å². The van der Waals surface area contributed by atoms with Crippen LogP contribution >= 0.6 is 0 Å². The van der Waals surface area contributed by atoms with Crippen molar-refractivity contribution in [2.75, 3.05) is 0 Å². The Kier molecular flexibility index (Phi) is 4.97. The second kappa shape index (κ2) is 6.26. The maximum Gasteiger partial charge on any atom is 0.225 e. The monoisotopic (exact) mass is 243 g/mol. The predicted octanol–water partition coefficient (Wildman–Crippen LogP) is 2.85. The fraction of sp³-hybridized carbons (Fsp3) is 0.438. The summed E-state index contributed by atoms with van der Waals surface area (Å²) in [6.45, 7) is 6.02. The average molecular weight is 243 g/mol. The van der Waals surface area contributed by atoms with Gasteiger partial charge >= 0.3 is 0 Å². The molecule has 0 aliphatic carbocycles. The van der Waals surface area contributed by atoms with Crippen molar-refractivity contribution in [3.8, 4) is 12.3 Å². The summed E-state index contributed by atoms with van der Waals surface area (Å²) in [4.78, 5) is 12.0. The molecule has 0 saturated heterocycles. The first-order valence-electron chi connectivity index (χ1n) is 6.39. The molecule has 18 heavy (non-hydrogen) atoms. The standard InChI is InChI=1S/C16H21NO/c1-5-16(6-2,7-3)17-15(18)12-14-10-8-13(4)9-11-14/h1,8-11H,6-7,12H2,2-4H3,(H,17,18). The van der Waals surface area contributed by atoms with Gasteiger partial charge in [-0.15, -0.1) is 6.42 Å². The SMILES string of the molecule is C#CC(CC)(CC)NC(=O)Cc1ccc(C)cc1. The highest BCUT2D eigenvalue weighted by Gasteiger charge is 2.24. The summed E-state index contributed by atoms with van der Waals surface area (Å²) >= 11 is 0. The molecule has 0 saturated carbocycles. The first kappa shape index (κ1) is 14.3. The zero-order chi connectivity index (χ0) is 13.6. The Bertz CT molecular complexity index is 435. The lowest BCUT2D eigenvalue weighted by molar-refractivity contribution is -0.121. The molecule has 0 atom stereocenters. The number of hydrogen-bond donors (Lipinski definition) is 1. The number of carbonyl (C=O) groups excluding carboxylic acids is 1. The van der Waals surface area contributed by atoms with Crippen molar-refractivity contribution in [2.24, 2.45) is 0 Å². The fourth-order valence-electron chi connectivity index (χ4n) is 1.87. The Morgan fingerprint density at radius 2 is 1.83 bits per heavy atom. The molecule has 1 rings (SSSR count). The van der Waals surface area contributed by atoms with Crippen LogP contribution in [0.5, 0.6) is 0 Å². The molecular weight excluding hydrogens is 222 g/mol. The molecule has 0 bridgehead atoms. The lowest BCUT2D eigenvalue weighted by atomic mass is 9.93. The number of terminal acetylenes is 1. The Balaban J connectivity index is 2.67. The molecule has 2 nitrogen and oxygen atoms in total.